The second-order valence-corrected chi connectivity index (χ2v) is 5.58. The molecule has 0 amide bonds. The van der Waals surface area contributed by atoms with Gasteiger partial charge in [-0.25, -0.2) is 4.79 Å². The first-order valence-electron chi connectivity index (χ1n) is 6.86. The molecule has 18 heavy (non-hydrogen) atoms. The number of rotatable bonds is 4. The van der Waals surface area contributed by atoms with Crippen LogP contribution in [0.2, 0.25) is 0 Å². The number of likely N-dealkylation sites (tertiary alicyclic amines) is 1. The number of carboxylic acid groups (broad SMARTS) is 1. The largest absolute Gasteiger partial charge is 0.477 e. The van der Waals surface area contributed by atoms with Crippen LogP contribution in [0.4, 0.5) is 0 Å². The van der Waals surface area contributed by atoms with Crippen molar-refractivity contribution in [2.45, 2.75) is 31.7 Å². The molecule has 1 saturated heterocycles. The van der Waals surface area contributed by atoms with Crippen LogP contribution in [0.15, 0.2) is 18.3 Å². The van der Waals surface area contributed by atoms with E-state index in [1.54, 1.807) is 6.07 Å². The van der Waals surface area contributed by atoms with Crippen LogP contribution in [-0.4, -0.2) is 40.2 Å². The predicted octanol–water partition coefficient (Wildman–Crippen LogP) is 2.23. The fourth-order valence-corrected chi connectivity index (χ4v) is 2.94. The number of carbonyl (C=O) groups is 1. The van der Waals surface area contributed by atoms with Gasteiger partial charge in [0.25, 0.3) is 0 Å². The molecular formula is C14H20N2O2. The standard InChI is InChI=1S/C14H20N2O2/c17-14(18)13-2-1-7-16(13)12-5-8-15(9-6-12)10-11-3-4-11/h1-2,7,11-12H,3-6,8-10H2,(H,17,18). The highest BCUT2D eigenvalue weighted by Crippen LogP contribution is 2.32. The summed E-state index contributed by atoms with van der Waals surface area (Å²) in [6.45, 7) is 3.47. The molecule has 1 aliphatic carbocycles. The smallest absolute Gasteiger partial charge is 0.352 e. The van der Waals surface area contributed by atoms with Crippen LogP contribution in [0.1, 0.15) is 42.2 Å². The zero-order valence-electron chi connectivity index (χ0n) is 10.6. The van der Waals surface area contributed by atoms with E-state index in [1.807, 2.05) is 16.8 Å². The van der Waals surface area contributed by atoms with Crippen molar-refractivity contribution in [2.75, 3.05) is 19.6 Å². The van der Waals surface area contributed by atoms with Crippen molar-refractivity contribution in [3.8, 4) is 0 Å². The number of piperidine rings is 1. The first-order valence-corrected chi connectivity index (χ1v) is 6.86. The van der Waals surface area contributed by atoms with Crippen LogP contribution in [0.5, 0.6) is 0 Å². The highest BCUT2D eigenvalue weighted by atomic mass is 16.4. The number of aromatic carboxylic acids is 1. The Bertz CT molecular complexity index is 429. The quantitative estimate of drug-likeness (QED) is 0.888. The Morgan fingerprint density at radius 2 is 2.00 bits per heavy atom. The number of hydrogen-bond donors (Lipinski definition) is 1. The molecule has 2 fully saturated rings. The first kappa shape index (κ1) is 11.8. The predicted molar refractivity (Wildman–Crippen MR) is 68.8 cm³/mol. The van der Waals surface area contributed by atoms with E-state index in [0.29, 0.717) is 11.7 Å². The van der Waals surface area contributed by atoms with Gasteiger partial charge < -0.3 is 14.6 Å². The maximum atomic E-state index is 11.1. The summed E-state index contributed by atoms with van der Waals surface area (Å²) < 4.78 is 1.94. The van der Waals surface area contributed by atoms with Gasteiger partial charge in [0.2, 0.25) is 0 Å². The average molecular weight is 248 g/mol. The second kappa shape index (κ2) is 4.76. The number of aromatic nitrogens is 1. The summed E-state index contributed by atoms with van der Waals surface area (Å²) >= 11 is 0. The number of hydrogen-bond acceptors (Lipinski definition) is 2. The summed E-state index contributed by atoms with van der Waals surface area (Å²) in [7, 11) is 0. The maximum absolute atomic E-state index is 11.1. The lowest BCUT2D eigenvalue weighted by atomic mass is 10.0. The molecule has 2 aliphatic rings. The summed E-state index contributed by atoms with van der Waals surface area (Å²) in [5, 5.41) is 9.13. The van der Waals surface area contributed by atoms with Gasteiger partial charge in [0.05, 0.1) is 0 Å². The van der Waals surface area contributed by atoms with Crippen LogP contribution in [0.3, 0.4) is 0 Å². The Labute approximate surface area is 107 Å². The van der Waals surface area contributed by atoms with Gasteiger partial charge in [-0.2, -0.15) is 0 Å². The van der Waals surface area contributed by atoms with Gasteiger partial charge in [-0.3, -0.25) is 0 Å². The minimum Gasteiger partial charge on any atom is -0.477 e. The highest BCUT2D eigenvalue weighted by molar-refractivity contribution is 5.85. The molecule has 1 saturated carbocycles. The molecule has 0 bridgehead atoms. The van der Waals surface area contributed by atoms with Crippen molar-refractivity contribution in [3.05, 3.63) is 24.0 Å². The monoisotopic (exact) mass is 248 g/mol. The summed E-state index contributed by atoms with van der Waals surface area (Å²) in [5.41, 5.74) is 0.427. The SMILES string of the molecule is O=C(O)c1cccn1C1CCN(CC2CC2)CC1. The van der Waals surface area contributed by atoms with Gasteiger partial charge in [-0.05, 0) is 43.7 Å². The molecule has 98 valence electrons. The molecule has 3 rings (SSSR count). The summed E-state index contributed by atoms with van der Waals surface area (Å²) in [6.07, 6.45) is 6.86. The maximum Gasteiger partial charge on any atom is 0.352 e. The summed E-state index contributed by atoms with van der Waals surface area (Å²) in [5.74, 6) is 0.128. The van der Waals surface area contributed by atoms with E-state index < -0.39 is 5.97 Å². The Balaban J connectivity index is 1.61. The van der Waals surface area contributed by atoms with Crippen LogP contribution >= 0.6 is 0 Å². The normalized spacial score (nSPS) is 22.2. The van der Waals surface area contributed by atoms with E-state index in [2.05, 4.69) is 4.90 Å². The number of carboxylic acids is 1. The van der Waals surface area contributed by atoms with E-state index in [9.17, 15) is 4.79 Å². The zero-order chi connectivity index (χ0) is 12.5. The van der Waals surface area contributed by atoms with Gasteiger partial charge in [-0.1, -0.05) is 0 Å². The van der Waals surface area contributed by atoms with E-state index in [4.69, 9.17) is 5.11 Å². The molecule has 0 aromatic carbocycles. The second-order valence-electron chi connectivity index (χ2n) is 5.58. The Hall–Kier alpha value is -1.29. The molecule has 4 heteroatoms. The van der Waals surface area contributed by atoms with Crippen molar-refractivity contribution in [1.29, 1.82) is 0 Å². The molecule has 0 atom stereocenters. The van der Waals surface area contributed by atoms with E-state index in [-0.39, 0.29) is 0 Å². The molecule has 0 radical (unpaired) electrons. The molecule has 0 spiro atoms. The van der Waals surface area contributed by atoms with E-state index in [0.717, 1.165) is 31.8 Å². The first-order chi connectivity index (χ1) is 8.74. The molecule has 4 nitrogen and oxygen atoms in total. The lowest BCUT2D eigenvalue weighted by Crippen LogP contribution is -2.36. The van der Waals surface area contributed by atoms with Gasteiger partial charge in [0.1, 0.15) is 5.69 Å². The lowest BCUT2D eigenvalue weighted by Gasteiger charge is -2.33. The fourth-order valence-electron chi connectivity index (χ4n) is 2.94. The third-order valence-corrected chi connectivity index (χ3v) is 4.16. The van der Waals surface area contributed by atoms with Crippen molar-refractivity contribution in [3.63, 3.8) is 0 Å². The highest BCUT2D eigenvalue weighted by Gasteiger charge is 2.28. The van der Waals surface area contributed by atoms with Crippen LogP contribution in [-0.2, 0) is 0 Å². The third kappa shape index (κ3) is 2.43. The Morgan fingerprint density at radius 3 is 2.61 bits per heavy atom. The molecule has 0 unspecified atom stereocenters. The van der Waals surface area contributed by atoms with Gasteiger partial charge >= 0.3 is 5.97 Å². The molecule has 2 heterocycles. The van der Waals surface area contributed by atoms with Crippen molar-refractivity contribution < 1.29 is 9.90 Å². The molecule has 1 aromatic heterocycles. The molecular weight excluding hydrogens is 228 g/mol. The van der Waals surface area contributed by atoms with Crippen molar-refractivity contribution in [1.82, 2.24) is 9.47 Å². The fraction of sp³-hybridized carbons (Fsp3) is 0.643. The van der Waals surface area contributed by atoms with Crippen molar-refractivity contribution >= 4 is 5.97 Å². The van der Waals surface area contributed by atoms with Crippen molar-refractivity contribution in [2.24, 2.45) is 5.92 Å². The Morgan fingerprint density at radius 1 is 1.28 bits per heavy atom. The van der Waals surface area contributed by atoms with Crippen LogP contribution in [0.25, 0.3) is 0 Å². The molecule has 1 aliphatic heterocycles. The van der Waals surface area contributed by atoms with Gasteiger partial charge in [0.15, 0.2) is 0 Å². The Kier molecular flexibility index (Phi) is 3.12. The number of nitrogens with zero attached hydrogens (tertiary/aromatic N) is 2. The zero-order valence-corrected chi connectivity index (χ0v) is 10.6. The minimum absolute atomic E-state index is 0.363. The van der Waals surface area contributed by atoms with Crippen LogP contribution in [0, 0.1) is 5.92 Å². The van der Waals surface area contributed by atoms with E-state index in [1.165, 1.54) is 19.4 Å². The van der Waals surface area contributed by atoms with Gasteiger partial charge in [0, 0.05) is 31.9 Å². The molecule has 1 aromatic rings. The molecule has 1 N–H and O–H groups in total. The van der Waals surface area contributed by atoms with Gasteiger partial charge in [-0.15, -0.1) is 0 Å². The summed E-state index contributed by atoms with van der Waals surface area (Å²) in [4.78, 5) is 13.7. The van der Waals surface area contributed by atoms with E-state index >= 15 is 0 Å². The summed E-state index contributed by atoms with van der Waals surface area (Å²) in [6, 6.07) is 3.89. The third-order valence-electron chi connectivity index (χ3n) is 4.16. The van der Waals surface area contributed by atoms with Crippen LogP contribution < -0.4 is 0 Å². The lowest BCUT2D eigenvalue weighted by molar-refractivity contribution is 0.0678. The minimum atomic E-state index is -0.819. The average Bonchev–Trinajstić information content (AvgIpc) is 3.04. The topological polar surface area (TPSA) is 45.5 Å².